The maximum absolute atomic E-state index is 6.13. The molecule has 0 rings (SSSR count). The molecule has 0 amide bonds. The molecule has 12 heavy (non-hydrogen) atoms. The fraction of sp³-hybridized carbons (Fsp3) is 0.455. The van der Waals surface area contributed by atoms with Crippen LogP contribution in [-0.2, 0) is 0 Å². The van der Waals surface area contributed by atoms with Crippen molar-refractivity contribution in [1.82, 2.24) is 0 Å². The fourth-order valence-electron chi connectivity index (χ4n) is 1.08. The highest BCUT2D eigenvalue weighted by Crippen LogP contribution is 2.27. The lowest BCUT2D eigenvalue weighted by Gasteiger charge is -2.09. The molecular formula is C11H17Cl. The van der Waals surface area contributed by atoms with Crippen molar-refractivity contribution < 1.29 is 0 Å². The molecule has 0 heterocycles. The monoisotopic (exact) mass is 184 g/mol. The van der Waals surface area contributed by atoms with Crippen molar-refractivity contribution in [2.24, 2.45) is 0 Å². The molecule has 1 heteroatoms. The van der Waals surface area contributed by atoms with Gasteiger partial charge in [0.1, 0.15) is 0 Å². The van der Waals surface area contributed by atoms with Gasteiger partial charge in [0, 0.05) is 5.03 Å². The van der Waals surface area contributed by atoms with Gasteiger partial charge in [-0.1, -0.05) is 29.3 Å². The maximum Gasteiger partial charge on any atom is 0.0466 e. The highest BCUT2D eigenvalue weighted by Gasteiger charge is 2.06. The number of allylic oxidation sites excluding steroid dienone is 5. The van der Waals surface area contributed by atoms with Crippen LogP contribution >= 0.6 is 11.6 Å². The standard InChI is InChI=1S/C11H17Cl/c1-7(2)10(8(3)4)11(12)9(5)6/h1H2,2-6H3. The van der Waals surface area contributed by atoms with Crippen molar-refractivity contribution in [3.63, 3.8) is 0 Å². The molecule has 0 atom stereocenters. The van der Waals surface area contributed by atoms with Crippen LogP contribution in [0, 0.1) is 0 Å². The fourth-order valence-corrected chi connectivity index (χ4v) is 1.43. The molecule has 0 aliphatic carbocycles. The van der Waals surface area contributed by atoms with Crippen molar-refractivity contribution in [2.75, 3.05) is 0 Å². The van der Waals surface area contributed by atoms with Gasteiger partial charge in [0.2, 0.25) is 0 Å². The molecule has 0 saturated heterocycles. The molecule has 0 fully saturated rings. The molecule has 68 valence electrons. The van der Waals surface area contributed by atoms with Gasteiger partial charge in [0.15, 0.2) is 0 Å². The van der Waals surface area contributed by atoms with E-state index in [1.807, 2.05) is 20.8 Å². The first kappa shape index (κ1) is 11.5. The Morgan fingerprint density at radius 1 is 0.917 bits per heavy atom. The second kappa shape index (κ2) is 4.51. The molecule has 0 aliphatic rings. The Morgan fingerprint density at radius 3 is 1.42 bits per heavy atom. The summed E-state index contributed by atoms with van der Waals surface area (Å²) >= 11 is 6.13. The third-order valence-electron chi connectivity index (χ3n) is 1.59. The zero-order valence-corrected chi connectivity index (χ0v) is 9.34. The molecule has 0 N–H and O–H groups in total. The first-order valence-electron chi connectivity index (χ1n) is 4.04. The van der Waals surface area contributed by atoms with Gasteiger partial charge < -0.3 is 0 Å². The van der Waals surface area contributed by atoms with Crippen LogP contribution in [-0.4, -0.2) is 0 Å². The van der Waals surface area contributed by atoms with Gasteiger partial charge in [-0.2, -0.15) is 0 Å². The molecule has 0 nitrogen and oxygen atoms in total. The van der Waals surface area contributed by atoms with E-state index in [1.165, 1.54) is 5.57 Å². The Hall–Kier alpha value is -0.490. The first-order valence-corrected chi connectivity index (χ1v) is 4.42. The van der Waals surface area contributed by atoms with E-state index in [0.29, 0.717) is 0 Å². The van der Waals surface area contributed by atoms with Crippen LogP contribution in [0.25, 0.3) is 0 Å². The zero-order chi connectivity index (χ0) is 9.89. The molecule has 0 unspecified atom stereocenters. The largest absolute Gasteiger partial charge is 0.0955 e. The van der Waals surface area contributed by atoms with E-state index < -0.39 is 0 Å². The van der Waals surface area contributed by atoms with Gasteiger partial charge in [-0.3, -0.25) is 0 Å². The Balaban J connectivity index is 5.21. The van der Waals surface area contributed by atoms with Crippen LogP contribution in [0.5, 0.6) is 0 Å². The molecule has 0 saturated carbocycles. The average Bonchev–Trinajstić information content (AvgIpc) is 1.85. The van der Waals surface area contributed by atoms with E-state index in [0.717, 1.165) is 21.8 Å². The van der Waals surface area contributed by atoms with E-state index in [1.54, 1.807) is 0 Å². The average molecular weight is 185 g/mol. The lowest BCUT2D eigenvalue weighted by atomic mass is 10.0. The van der Waals surface area contributed by atoms with E-state index in [-0.39, 0.29) is 0 Å². The van der Waals surface area contributed by atoms with E-state index in [4.69, 9.17) is 11.6 Å². The van der Waals surface area contributed by atoms with E-state index in [2.05, 4.69) is 20.4 Å². The van der Waals surface area contributed by atoms with Gasteiger partial charge in [0.05, 0.1) is 0 Å². The highest BCUT2D eigenvalue weighted by molar-refractivity contribution is 6.32. The lowest BCUT2D eigenvalue weighted by molar-refractivity contribution is 1.24. The van der Waals surface area contributed by atoms with Crippen LogP contribution in [0.2, 0.25) is 0 Å². The van der Waals surface area contributed by atoms with Crippen LogP contribution in [0.15, 0.2) is 33.9 Å². The minimum absolute atomic E-state index is 0.836. The van der Waals surface area contributed by atoms with Crippen molar-refractivity contribution in [1.29, 1.82) is 0 Å². The number of hydrogen-bond acceptors (Lipinski definition) is 0. The maximum atomic E-state index is 6.13. The molecule has 0 spiro atoms. The summed E-state index contributed by atoms with van der Waals surface area (Å²) in [6.07, 6.45) is 0. The number of rotatable bonds is 2. The van der Waals surface area contributed by atoms with Crippen molar-refractivity contribution in [3.8, 4) is 0 Å². The predicted octanol–water partition coefficient (Wildman–Crippen LogP) is 4.43. The zero-order valence-electron chi connectivity index (χ0n) is 8.59. The molecule has 0 aromatic carbocycles. The Labute approximate surface area is 80.6 Å². The number of hydrogen-bond donors (Lipinski definition) is 0. The third-order valence-corrected chi connectivity index (χ3v) is 2.15. The summed E-state index contributed by atoms with van der Waals surface area (Å²) in [7, 11) is 0. The molecular weight excluding hydrogens is 168 g/mol. The highest BCUT2D eigenvalue weighted by atomic mass is 35.5. The van der Waals surface area contributed by atoms with Gasteiger partial charge in [-0.05, 0) is 45.8 Å². The molecule has 0 aromatic heterocycles. The Morgan fingerprint density at radius 2 is 1.33 bits per heavy atom. The van der Waals surface area contributed by atoms with Crippen molar-refractivity contribution in [3.05, 3.63) is 33.9 Å². The van der Waals surface area contributed by atoms with Gasteiger partial charge in [0.25, 0.3) is 0 Å². The Bertz CT molecular complexity index is 246. The van der Waals surface area contributed by atoms with Gasteiger partial charge >= 0.3 is 0 Å². The second-order valence-electron chi connectivity index (χ2n) is 3.47. The molecule has 0 radical (unpaired) electrons. The summed E-state index contributed by atoms with van der Waals surface area (Å²) < 4.78 is 0. The second-order valence-corrected chi connectivity index (χ2v) is 3.85. The minimum Gasteiger partial charge on any atom is -0.0955 e. The van der Waals surface area contributed by atoms with E-state index >= 15 is 0 Å². The molecule has 0 aliphatic heterocycles. The quantitative estimate of drug-likeness (QED) is 0.557. The van der Waals surface area contributed by atoms with Crippen LogP contribution in [0.1, 0.15) is 34.6 Å². The minimum atomic E-state index is 0.836. The topological polar surface area (TPSA) is 0 Å². The molecule has 0 aromatic rings. The first-order chi connectivity index (χ1) is 5.37. The summed E-state index contributed by atoms with van der Waals surface area (Å²) in [5.41, 5.74) is 4.47. The van der Waals surface area contributed by atoms with Crippen LogP contribution in [0.3, 0.4) is 0 Å². The van der Waals surface area contributed by atoms with Crippen LogP contribution in [0.4, 0.5) is 0 Å². The predicted molar refractivity (Wildman–Crippen MR) is 57.4 cm³/mol. The summed E-state index contributed by atoms with van der Waals surface area (Å²) in [4.78, 5) is 0. The van der Waals surface area contributed by atoms with Crippen LogP contribution < -0.4 is 0 Å². The summed E-state index contributed by atoms with van der Waals surface area (Å²) in [5, 5.41) is 0.836. The van der Waals surface area contributed by atoms with Crippen molar-refractivity contribution >= 4 is 11.6 Å². The van der Waals surface area contributed by atoms with Gasteiger partial charge in [-0.25, -0.2) is 0 Å². The summed E-state index contributed by atoms with van der Waals surface area (Å²) in [6.45, 7) is 14.0. The summed E-state index contributed by atoms with van der Waals surface area (Å²) in [6, 6.07) is 0. The summed E-state index contributed by atoms with van der Waals surface area (Å²) in [5.74, 6) is 0. The lowest BCUT2D eigenvalue weighted by Crippen LogP contribution is -1.90. The normalized spacial score (nSPS) is 9.17. The third kappa shape index (κ3) is 2.86. The number of halogens is 1. The SMILES string of the molecule is C=C(C)C(=C(C)C)C(Cl)=C(C)C. The van der Waals surface area contributed by atoms with Crippen molar-refractivity contribution in [2.45, 2.75) is 34.6 Å². The smallest absolute Gasteiger partial charge is 0.0466 e. The Kier molecular flexibility index (Phi) is 4.33. The van der Waals surface area contributed by atoms with E-state index in [9.17, 15) is 0 Å². The van der Waals surface area contributed by atoms with Gasteiger partial charge in [-0.15, -0.1) is 0 Å². The molecule has 0 bridgehead atoms.